The maximum Gasteiger partial charge on any atom is 0.700 e. The van der Waals surface area contributed by atoms with E-state index in [0.717, 1.165) is 22.6 Å². The molecule has 2 aromatic carbocycles. The highest BCUT2D eigenvalue weighted by Gasteiger charge is 2.58. The van der Waals surface area contributed by atoms with Crippen molar-refractivity contribution in [1.29, 1.82) is 0 Å². The smallest absolute Gasteiger partial charge is 0.497 e. The molecule has 0 radical (unpaired) electrons. The van der Waals surface area contributed by atoms with Gasteiger partial charge in [-0.1, -0.05) is 61.0 Å². The Morgan fingerprint density at radius 2 is 0.896 bits per heavy atom. The molecule has 2 aromatic rings. The van der Waals surface area contributed by atoms with Gasteiger partial charge >= 0.3 is 8.25 Å². The molecule has 0 N–H and O–H groups in total. The Hall–Kier alpha value is -2.12. The summed E-state index contributed by atoms with van der Waals surface area (Å²) in [7, 11) is -8.10. The van der Waals surface area contributed by atoms with Gasteiger partial charge in [-0.15, -0.1) is 0 Å². The standard InChI is InChI=1S/C34H52N2O9PS2/c1-7-33(8-2,47(38,39)35-23-19-29(20-24-35)27-11-15-31(42-5)16-12-27)44-46(37)45-34(9-3,10-4)48(40,41)36-25-21-30(22-26-36)28-13-17-32(43-6)18-14-28/h11-18,29-30H,7-10,19-26H2,1-6H3/q+1. The molecular formula is C34H52N2O9PS2+. The van der Waals surface area contributed by atoms with Gasteiger partial charge in [-0.25, -0.2) is 16.8 Å². The Morgan fingerprint density at radius 3 is 1.15 bits per heavy atom. The third-order valence-electron chi connectivity index (χ3n) is 10.3. The van der Waals surface area contributed by atoms with E-state index in [0.29, 0.717) is 25.7 Å². The monoisotopic (exact) mass is 727 g/mol. The molecule has 0 saturated carbocycles. The Morgan fingerprint density at radius 1 is 0.604 bits per heavy atom. The summed E-state index contributed by atoms with van der Waals surface area (Å²) in [6.45, 7) is 7.84. The first-order valence-corrected chi connectivity index (χ1v) is 21.0. The molecule has 0 atom stereocenters. The summed E-state index contributed by atoms with van der Waals surface area (Å²) in [5.74, 6) is 1.92. The molecule has 0 bridgehead atoms. The molecule has 0 aromatic heterocycles. The number of hydrogen-bond donors (Lipinski definition) is 0. The Labute approximate surface area is 288 Å². The first-order valence-electron chi connectivity index (χ1n) is 17.0. The molecule has 2 saturated heterocycles. The fourth-order valence-corrected chi connectivity index (χ4v) is 13.0. The summed E-state index contributed by atoms with van der Waals surface area (Å²) in [6, 6.07) is 15.6. The molecule has 268 valence electrons. The van der Waals surface area contributed by atoms with E-state index in [1.54, 1.807) is 41.9 Å². The van der Waals surface area contributed by atoms with Gasteiger partial charge in [-0.3, -0.25) is 0 Å². The van der Waals surface area contributed by atoms with Gasteiger partial charge in [0.15, 0.2) is 0 Å². The average Bonchev–Trinajstić information content (AvgIpc) is 3.12. The molecule has 2 fully saturated rings. The molecule has 4 rings (SSSR count). The zero-order valence-electron chi connectivity index (χ0n) is 29.1. The molecule has 2 aliphatic heterocycles. The maximum atomic E-state index is 14.1. The van der Waals surface area contributed by atoms with Crippen LogP contribution >= 0.6 is 8.25 Å². The minimum absolute atomic E-state index is 0.0194. The lowest BCUT2D eigenvalue weighted by atomic mass is 9.90. The van der Waals surface area contributed by atoms with Gasteiger partial charge in [-0.05, 0) is 98.6 Å². The van der Waals surface area contributed by atoms with Crippen LogP contribution in [0.1, 0.15) is 102 Å². The van der Waals surface area contributed by atoms with E-state index in [1.807, 2.05) is 48.5 Å². The summed E-state index contributed by atoms with van der Waals surface area (Å²) in [5.41, 5.74) is 2.25. The highest BCUT2D eigenvalue weighted by molar-refractivity contribution is 7.91. The van der Waals surface area contributed by atoms with Crippen molar-refractivity contribution < 1.29 is 39.9 Å². The number of methoxy groups -OCH3 is 2. The summed E-state index contributed by atoms with van der Waals surface area (Å²) in [6.07, 6.45) is 2.58. The number of ether oxygens (including phenoxy) is 2. The van der Waals surface area contributed by atoms with Crippen molar-refractivity contribution in [3.63, 3.8) is 0 Å². The number of piperidine rings is 2. The first-order chi connectivity index (χ1) is 22.9. The Kier molecular flexibility index (Phi) is 13.1. The normalized spacial score (nSPS) is 18.1. The van der Waals surface area contributed by atoms with Crippen LogP contribution in [0.15, 0.2) is 48.5 Å². The predicted octanol–water partition coefficient (Wildman–Crippen LogP) is 7.15. The first kappa shape index (κ1) is 38.7. The van der Waals surface area contributed by atoms with E-state index < -0.39 is 38.2 Å². The molecule has 11 nitrogen and oxygen atoms in total. The lowest BCUT2D eigenvalue weighted by Crippen LogP contribution is -2.52. The van der Waals surface area contributed by atoms with Crippen LogP contribution in [-0.4, -0.2) is 75.7 Å². The van der Waals surface area contributed by atoms with Gasteiger partial charge in [0.2, 0.25) is 29.9 Å². The van der Waals surface area contributed by atoms with E-state index in [9.17, 15) is 21.4 Å². The third-order valence-corrected chi connectivity index (χ3v) is 16.9. The van der Waals surface area contributed by atoms with Crippen molar-refractivity contribution in [3.05, 3.63) is 59.7 Å². The average molecular weight is 728 g/mol. The van der Waals surface area contributed by atoms with Crippen molar-refractivity contribution in [2.75, 3.05) is 40.4 Å². The van der Waals surface area contributed by atoms with Crippen LogP contribution in [-0.2, 0) is 33.7 Å². The number of nitrogens with zero attached hydrogens (tertiary/aromatic N) is 2. The maximum absolute atomic E-state index is 14.1. The van der Waals surface area contributed by atoms with Crippen molar-refractivity contribution in [2.45, 2.75) is 101 Å². The molecule has 2 heterocycles. The van der Waals surface area contributed by atoms with Crippen LogP contribution in [0.25, 0.3) is 0 Å². The molecule has 14 heteroatoms. The molecule has 48 heavy (non-hydrogen) atoms. The predicted molar refractivity (Wildman–Crippen MR) is 187 cm³/mol. The van der Waals surface area contributed by atoms with Crippen LogP contribution in [0.4, 0.5) is 0 Å². The Balaban J connectivity index is 1.45. The lowest BCUT2D eigenvalue weighted by Gasteiger charge is -2.38. The van der Waals surface area contributed by atoms with Crippen LogP contribution in [0.3, 0.4) is 0 Å². The largest absolute Gasteiger partial charge is 0.700 e. The lowest BCUT2D eigenvalue weighted by molar-refractivity contribution is 0.0693. The van der Waals surface area contributed by atoms with E-state index in [4.69, 9.17) is 18.5 Å². The zero-order chi connectivity index (χ0) is 35.2. The summed E-state index contributed by atoms with van der Waals surface area (Å²) in [5, 5.41) is 0. The molecule has 0 aliphatic carbocycles. The highest BCUT2D eigenvalue weighted by Crippen LogP contribution is 2.47. The topological polar surface area (TPSA) is 129 Å². The number of sulfonamides is 2. The van der Waals surface area contributed by atoms with Gasteiger partial charge in [0, 0.05) is 30.7 Å². The summed E-state index contributed by atoms with van der Waals surface area (Å²) < 4.78 is 95.3. The van der Waals surface area contributed by atoms with Gasteiger partial charge in [-0.2, -0.15) is 8.61 Å². The quantitative estimate of drug-likeness (QED) is 0.166. The fraction of sp³-hybridized carbons (Fsp3) is 0.647. The van der Waals surface area contributed by atoms with Gasteiger partial charge < -0.3 is 9.47 Å². The number of benzene rings is 2. The van der Waals surface area contributed by atoms with Crippen molar-refractivity contribution in [3.8, 4) is 11.5 Å². The third kappa shape index (κ3) is 7.77. The molecule has 0 amide bonds. The van der Waals surface area contributed by atoms with Gasteiger partial charge in [0.1, 0.15) is 11.5 Å². The van der Waals surface area contributed by atoms with Crippen molar-refractivity contribution in [2.24, 2.45) is 0 Å². The van der Waals surface area contributed by atoms with Crippen molar-refractivity contribution >= 4 is 28.3 Å². The second-order valence-corrected chi connectivity index (χ2v) is 17.8. The minimum Gasteiger partial charge on any atom is -0.497 e. The summed E-state index contributed by atoms with van der Waals surface area (Å²) in [4.78, 5) is -3.66. The van der Waals surface area contributed by atoms with Crippen LogP contribution < -0.4 is 9.47 Å². The summed E-state index contributed by atoms with van der Waals surface area (Å²) >= 11 is 0. The van der Waals surface area contributed by atoms with Gasteiger partial charge in [0.05, 0.1) is 14.2 Å². The Bertz CT molecular complexity index is 1440. The second kappa shape index (κ2) is 16.3. The molecular weight excluding hydrogens is 675 g/mol. The van der Waals surface area contributed by atoms with Crippen LogP contribution in [0, 0.1) is 0 Å². The molecule has 0 spiro atoms. The fourth-order valence-electron chi connectivity index (χ4n) is 6.95. The number of hydrogen-bond acceptors (Lipinski definition) is 9. The zero-order valence-corrected chi connectivity index (χ0v) is 31.6. The van der Waals surface area contributed by atoms with Crippen molar-refractivity contribution in [1.82, 2.24) is 8.61 Å². The number of rotatable bonds is 16. The van der Waals surface area contributed by atoms with Gasteiger partial charge in [0.25, 0.3) is 0 Å². The van der Waals surface area contributed by atoms with E-state index >= 15 is 0 Å². The molecule has 0 unspecified atom stereocenters. The van der Waals surface area contributed by atoms with Crippen LogP contribution in [0.5, 0.6) is 11.5 Å². The highest BCUT2D eigenvalue weighted by atomic mass is 32.2. The van der Waals surface area contributed by atoms with Crippen LogP contribution in [0.2, 0.25) is 0 Å². The SMILES string of the molecule is CCC(CC)(O[P+](=O)OC(CC)(CC)S(=O)(=O)N1CCC(c2ccc(OC)cc2)CC1)S(=O)(=O)N1CCC(c2ccc(OC)cc2)CC1. The van der Waals surface area contributed by atoms with E-state index in [1.165, 1.54) is 8.61 Å². The minimum atomic E-state index is -4.10. The second-order valence-electron chi connectivity index (χ2n) is 12.5. The van der Waals surface area contributed by atoms with E-state index in [2.05, 4.69) is 0 Å². The van der Waals surface area contributed by atoms with E-state index in [-0.39, 0.29) is 63.7 Å². The molecule has 2 aliphatic rings.